The van der Waals surface area contributed by atoms with Crippen molar-refractivity contribution in [3.63, 3.8) is 0 Å². The Morgan fingerprint density at radius 3 is 2.76 bits per heavy atom. The van der Waals surface area contributed by atoms with Crippen LogP contribution in [0.4, 0.5) is 0 Å². The Hall–Kier alpha value is -3.96. The molecule has 2 aromatic heterocycles. The first kappa shape index (κ1) is 20.9. The van der Waals surface area contributed by atoms with Gasteiger partial charge in [-0.25, -0.2) is 4.79 Å². The zero-order valence-electron chi connectivity index (χ0n) is 17.6. The largest absolute Gasteiger partial charge is 0.455 e. The molecular weight excluding hydrogens is 442 g/mol. The number of hydrogen-bond acceptors (Lipinski definition) is 6. The second-order valence-corrected chi connectivity index (χ2v) is 8.28. The third-order valence-corrected chi connectivity index (χ3v) is 5.84. The Kier molecular flexibility index (Phi) is 5.19. The van der Waals surface area contributed by atoms with Gasteiger partial charge in [-0.2, -0.15) is 9.94 Å². The lowest BCUT2D eigenvalue weighted by atomic mass is 10.1. The first-order valence-electron chi connectivity index (χ1n) is 10.5. The summed E-state index contributed by atoms with van der Waals surface area (Å²) in [6.45, 7) is 1.93. The standard InChI is InChI=1S/C24H18ClN5O3/c1-2-13-9-16(30-24(32)28-23(31)21(12-26)29-30)11-18(25)22(13)33-17-6-8-20-15(10-17)5-7-19(27-20)14-3-4-14/h5-11,14H,2-4H2,1H3,(H,28,31,32). The van der Waals surface area contributed by atoms with Crippen LogP contribution in [0.2, 0.25) is 5.02 Å². The maximum Gasteiger partial charge on any atom is 0.349 e. The number of aryl methyl sites for hydroxylation is 1. The summed E-state index contributed by atoms with van der Waals surface area (Å²) in [7, 11) is 0. The van der Waals surface area contributed by atoms with Crippen molar-refractivity contribution in [1.82, 2.24) is 19.7 Å². The van der Waals surface area contributed by atoms with Crippen molar-refractivity contribution in [3.8, 4) is 23.3 Å². The maximum atomic E-state index is 12.2. The number of nitriles is 1. The van der Waals surface area contributed by atoms with Gasteiger partial charge in [0.05, 0.1) is 16.2 Å². The second-order valence-electron chi connectivity index (χ2n) is 7.87. The van der Waals surface area contributed by atoms with Crippen molar-refractivity contribution in [2.45, 2.75) is 32.1 Å². The van der Waals surface area contributed by atoms with Gasteiger partial charge >= 0.3 is 5.69 Å². The summed E-state index contributed by atoms with van der Waals surface area (Å²) in [4.78, 5) is 30.7. The van der Waals surface area contributed by atoms with Gasteiger partial charge in [0.25, 0.3) is 5.56 Å². The molecule has 1 N–H and O–H groups in total. The predicted octanol–water partition coefficient (Wildman–Crippen LogP) is 4.23. The molecule has 1 aliphatic carbocycles. The topological polar surface area (TPSA) is 114 Å². The van der Waals surface area contributed by atoms with E-state index in [0.29, 0.717) is 29.5 Å². The van der Waals surface area contributed by atoms with E-state index in [1.54, 1.807) is 12.1 Å². The van der Waals surface area contributed by atoms with Gasteiger partial charge in [-0.1, -0.05) is 24.6 Å². The Morgan fingerprint density at radius 1 is 1.21 bits per heavy atom. The molecule has 2 heterocycles. The number of H-pyrrole nitrogens is 1. The van der Waals surface area contributed by atoms with E-state index in [1.165, 1.54) is 18.9 Å². The normalized spacial score (nSPS) is 13.1. The van der Waals surface area contributed by atoms with E-state index in [-0.39, 0.29) is 5.02 Å². The molecule has 2 aromatic carbocycles. The van der Waals surface area contributed by atoms with Crippen LogP contribution in [-0.2, 0) is 6.42 Å². The third-order valence-electron chi connectivity index (χ3n) is 5.56. The fourth-order valence-electron chi connectivity index (χ4n) is 3.69. The number of benzene rings is 2. The van der Waals surface area contributed by atoms with Gasteiger partial charge in [-0.05, 0) is 61.2 Å². The van der Waals surface area contributed by atoms with Gasteiger partial charge in [0.1, 0.15) is 17.6 Å². The predicted molar refractivity (Wildman–Crippen MR) is 123 cm³/mol. The van der Waals surface area contributed by atoms with E-state index in [9.17, 15) is 9.59 Å². The average Bonchev–Trinajstić information content (AvgIpc) is 3.65. The molecule has 5 rings (SSSR count). The maximum absolute atomic E-state index is 12.2. The smallest absolute Gasteiger partial charge is 0.349 e. The number of nitrogens with one attached hydrogen (secondary N) is 1. The van der Waals surface area contributed by atoms with Crippen molar-refractivity contribution in [2.24, 2.45) is 0 Å². The fraction of sp³-hybridized carbons (Fsp3) is 0.208. The summed E-state index contributed by atoms with van der Waals surface area (Å²) in [6.07, 6.45) is 2.96. The fourth-order valence-corrected chi connectivity index (χ4v) is 3.96. The molecule has 0 bridgehead atoms. The highest BCUT2D eigenvalue weighted by Crippen LogP contribution is 2.40. The van der Waals surface area contributed by atoms with Crippen LogP contribution in [-0.4, -0.2) is 19.7 Å². The molecule has 0 atom stereocenters. The summed E-state index contributed by atoms with van der Waals surface area (Å²) in [6, 6.07) is 14.7. The lowest BCUT2D eigenvalue weighted by molar-refractivity contribution is 0.477. The minimum atomic E-state index is -0.837. The number of fused-ring (bicyclic) bond motifs is 1. The number of pyridine rings is 1. The summed E-state index contributed by atoms with van der Waals surface area (Å²) >= 11 is 6.53. The highest BCUT2D eigenvalue weighted by molar-refractivity contribution is 6.32. The molecule has 4 aromatic rings. The van der Waals surface area contributed by atoms with E-state index < -0.39 is 16.9 Å². The second kappa shape index (κ2) is 8.19. The van der Waals surface area contributed by atoms with Crippen molar-refractivity contribution >= 4 is 22.5 Å². The molecule has 9 heteroatoms. The molecule has 0 saturated heterocycles. The van der Waals surface area contributed by atoms with E-state index in [1.807, 2.05) is 25.1 Å². The zero-order valence-corrected chi connectivity index (χ0v) is 18.4. The number of aromatic nitrogens is 4. The Morgan fingerprint density at radius 2 is 2.03 bits per heavy atom. The molecule has 0 radical (unpaired) electrons. The number of halogens is 1. The van der Waals surface area contributed by atoms with Gasteiger partial charge in [0.2, 0.25) is 5.69 Å². The molecule has 0 unspecified atom stereocenters. The molecular formula is C24H18ClN5O3. The minimum absolute atomic E-state index is 0.269. The molecule has 33 heavy (non-hydrogen) atoms. The molecule has 1 aliphatic rings. The first-order chi connectivity index (χ1) is 16.0. The quantitative estimate of drug-likeness (QED) is 0.477. The van der Waals surface area contributed by atoms with E-state index in [4.69, 9.17) is 26.6 Å². The molecule has 0 aliphatic heterocycles. The van der Waals surface area contributed by atoms with Crippen LogP contribution in [0.3, 0.4) is 0 Å². The highest BCUT2D eigenvalue weighted by Gasteiger charge is 2.25. The number of rotatable bonds is 5. The molecule has 1 fully saturated rings. The van der Waals surface area contributed by atoms with Gasteiger partial charge in [0.15, 0.2) is 0 Å². The van der Waals surface area contributed by atoms with Crippen LogP contribution in [0.25, 0.3) is 16.6 Å². The lowest BCUT2D eigenvalue weighted by Crippen LogP contribution is -2.33. The zero-order chi connectivity index (χ0) is 23.1. The van der Waals surface area contributed by atoms with Crippen molar-refractivity contribution in [2.75, 3.05) is 0 Å². The SMILES string of the molecule is CCc1cc(-n2nc(C#N)c(=O)[nH]c2=O)cc(Cl)c1Oc1ccc2nc(C3CC3)ccc2c1. The summed E-state index contributed by atoms with van der Waals surface area (Å²) in [5.74, 6) is 1.66. The van der Waals surface area contributed by atoms with Crippen LogP contribution in [0.15, 0.2) is 52.1 Å². The van der Waals surface area contributed by atoms with Crippen LogP contribution in [0.5, 0.6) is 11.5 Å². The van der Waals surface area contributed by atoms with Crippen LogP contribution in [0.1, 0.15) is 42.6 Å². The van der Waals surface area contributed by atoms with E-state index in [0.717, 1.165) is 26.8 Å². The van der Waals surface area contributed by atoms with Crippen LogP contribution < -0.4 is 16.0 Å². The van der Waals surface area contributed by atoms with Gasteiger partial charge in [-0.15, -0.1) is 5.10 Å². The molecule has 164 valence electrons. The van der Waals surface area contributed by atoms with Crippen LogP contribution >= 0.6 is 11.6 Å². The lowest BCUT2D eigenvalue weighted by Gasteiger charge is -2.15. The number of aromatic amines is 1. The van der Waals surface area contributed by atoms with Gasteiger partial charge < -0.3 is 4.74 Å². The highest BCUT2D eigenvalue weighted by atomic mass is 35.5. The summed E-state index contributed by atoms with van der Waals surface area (Å²) < 4.78 is 7.08. The van der Waals surface area contributed by atoms with Gasteiger partial charge in [0, 0.05) is 17.0 Å². The molecule has 0 spiro atoms. The Labute approximate surface area is 193 Å². The third kappa shape index (κ3) is 3.99. The molecule has 8 nitrogen and oxygen atoms in total. The minimum Gasteiger partial charge on any atom is -0.455 e. The first-order valence-corrected chi connectivity index (χ1v) is 10.9. The van der Waals surface area contributed by atoms with Crippen LogP contribution in [0, 0.1) is 11.3 Å². The summed E-state index contributed by atoms with van der Waals surface area (Å²) in [5.41, 5.74) is 1.08. The summed E-state index contributed by atoms with van der Waals surface area (Å²) in [5, 5.41) is 14.1. The number of nitrogens with zero attached hydrogens (tertiary/aromatic N) is 4. The number of hydrogen-bond donors (Lipinski definition) is 1. The Balaban J connectivity index is 1.52. The van der Waals surface area contributed by atoms with Crippen molar-refractivity contribution in [3.05, 3.63) is 85.3 Å². The Bertz CT molecular complexity index is 1560. The van der Waals surface area contributed by atoms with Crippen molar-refractivity contribution < 1.29 is 4.74 Å². The van der Waals surface area contributed by atoms with E-state index >= 15 is 0 Å². The van der Waals surface area contributed by atoms with Crippen molar-refractivity contribution in [1.29, 1.82) is 5.26 Å². The number of ether oxygens (including phenoxy) is 1. The van der Waals surface area contributed by atoms with Gasteiger partial charge in [-0.3, -0.25) is 14.8 Å². The molecule has 0 amide bonds. The van der Waals surface area contributed by atoms with E-state index in [2.05, 4.69) is 22.2 Å². The molecule has 1 saturated carbocycles. The average molecular weight is 460 g/mol. The monoisotopic (exact) mass is 459 g/mol.